The minimum Gasteiger partial charge on any atom is -0.485 e. The average molecular weight is 705 g/mol. The van der Waals surface area contributed by atoms with E-state index in [4.69, 9.17) is 9.15 Å². The number of hydrogen-bond acceptors (Lipinski definition) is 2. The second-order valence-corrected chi connectivity index (χ2v) is 17.7. The quantitative estimate of drug-likeness (QED) is 0.200. The van der Waals surface area contributed by atoms with Crippen molar-refractivity contribution in [3.8, 4) is 17.6 Å². The van der Waals surface area contributed by atoms with Crippen LogP contribution in [0.4, 0.5) is 0 Å². The summed E-state index contributed by atoms with van der Waals surface area (Å²) in [4.78, 5) is 0. The van der Waals surface area contributed by atoms with E-state index in [0.29, 0.717) is 53.3 Å². The Balaban J connectivity index is 0.834. The van der Waals surface area contributed by atoms with Crippen LogP contribution in [0.5, 0.6) is 5.75 Å². The largest absolute Gasteiger partial charge is 0.485 e. The Labute approximate surface area is 319 Å². The summed E-state index contributed by atoms with van der Waals surface area (Å²) in [6.45, 7) is 0. The molecule has 3 aromatic rings. The Bertz CT molecular complexity index is 2450. The first kappa shape index (κ1) is 31.6. The summed E-state index contributed by atoms with van der Waals surface area (Å²) in [7, 11) is 0. The van der Waals surface area contributed by atoms with Crippen molar-refractivity contribution in [2.45, 2.75) is 82.1 Å². The van der Waals surface area contributed by atoms with E-state index in [9.17, 15) is 0 Å². The summed E-state index contributed by atoms with van der Waals surface area (Å²) in [6.07, 6.45) is 44.1. The smallest absolute Gasteiger partial charge is 0.135 e. The minimum atomic E-state index is 0.107. The molecule has 9 aliphatic rings. The minimum absolute atomic E-state index is 0.107. The predicted octanol–water partition coefficient (Wildman–Crippen LogP) is 12.7. The van der Waals surface area contributed by atoms with Crippen LogP contribution in [0.15, 0.2) is 142 Å². The molecule has 8 unspecified atom stereocenters. The monoisotopic (exact) mass is 704 g/mol. The van der Waals surface area contributed by atoms with Crippen molar-refractivity contribution in [2.75, 3.05) is 0 Å². The Morgan fingerprint density at radius 2 is 1.65 bits per heavy atom. The summed E-state index contributed by atoms with van der Waals surface area (Å²) in [5.41, 5.74) is 12.2. The van der Waals surface area contributed by atoms with E-state index < -0.39 is 0 Å². The summed E-state index contributed by atoms with van der Waals surface area (Å²) >= 11 is 0. The van der Waals surface area contributed by atoms with Crippen LogP contribution in [-0.2, 0) is 0 Å². The number of benzene rings is 2. The zero-order valence-electron chi connectivity index (χ0n) is 31.1. The van der Waals surface area contributed by atoms with Gasteiger partial charge in [0.05, 0.1) is 0 Å². The van der Waals surface area contributed by atoms with Crippen molar-refractivity contribution in [3.05, 3.63) is 148 Å². The van der Waals surface area contributed by atoms with E-state index in [1.165, 1.54) is 95.6 Å². The molecule has 0 spiro atoms. The Morgan fingerprint density at radius 1 is 0.704 bits per heavy atom. The summed E-state index contributed by atoms with van der Waals surface area (Å²) in [5.74, 6) is 12.8. The van der Waals surface area contributed by atoms with Gasteiger partial charge in [0.2, 0.25) is 0 Å². The lowest BCUT2D eigenvalue weighted by molar-refractivity contribution is 0.236. The van der Waals surface area contributed by atoms with Gasteiger partial charge in [0.25, 0.3) is 0 Å². The van der Waals surface area contributed by atoms with Crippen molar-refractivity contribution in [3.63, 3.8) is 0 Å². The molecule has 0 fully saturated rings. The van der Waals surface area contributed by atoms with Gasteiger partial charge in [-0.3, -0.25) is 0 Å². The summed E-state index contributed by atoms with van der Waals surface area (Å²) in [5, 5.41) is 2.38. The van der Waals surface area contributed by atoms with Gasteiger partial charge in [-0.25, -0.2) is 0 Å². The maximum absolute atomic E-state index is 6.68. The third-order valence-electron chi connectivity index (χ3n) is 14.8. The third-order valence-corrected chi connectivity index (χ3v) is 14.8. The van der Waals surface area contributed by atoms with E-state index >= 15 is 0 Å². The van der Waals surface area contributed by atoms with Gasteiger partial charge >= 0.3 is 0 Å². The molecular formula is C52H48O2. The fourth-order valence-electron chi connectivity index (χ4n) is 11.9. The molecule has 2 aromatic carbocycles. The third kappa shape index (κ3) is 5.07. The lowest BCUT2D eigenvalue weighted by Crippen LogP contribution is -2.35. The van der Waals surface area contributed by atoms with E-state index in [0.717, 1.165) is 29.8 Å². The van der Waals surface area contributed by atoms with Gasteiger partial charge in [-0.05, 0) is 145 Å². The second-order valence-electron chi connectivity index (χ2n) is 17.7. The molecule has 1 aromatic heterocycles. The lowest BCUT2D eigenvalue weighted by Gasteiger charge is -2.43. The van der Waals surface area contributed by atoms with Crippen LogP contribution >= 0.6 is 0 Å². The van der Waals surface area contributed by atoms with Crippen LogP contribution in [0.3, 0.4) is 0 Å². The van der Waals surface area contributed by atoms with Crippen LogP contribution in [0.25, 0.3) is 21.9 Å². The number of allylic oxidation sites excluding steroid dienone is 17. The van der Waals surface area contributed by atoms with Crippen molar-refractivity contribution in [1.29, 1.82) is 0 Å². The standard InChI is InChI=1S/C52H48O2/c1-2-8-33-23-34(16-13-31(33)7-1)36-19-21-49-45(26-36)47-29-52-48(30-51(47)53-49)46-27-37(20-22-50(46)54-52)35-17-14-32-15-18-39(25-40(32)24-35)44-28-38-9-3-4-10-41(38)42-11-5-6-12-43(42)44/h2,5,8,11,15-16,18-25,27-32,35-36,38,41-43,45,49H,1,3,6-7,9,12-14,17,26H2/t31-,32?,35?,36?,38?,41?,42?,43-,45?,49?/m0/s1. The Hall–Kier alpha value is -4.74. The van der Waals surface area contributed by atoms with Gasteiger partial charge in [0.1, 0.15) is 23.0 Å². The molecule has 2 nitrogen and oxygen atoms in total. The van der Waals surface area contributed by atoms with E-state index in [2.05, 4.69) is 121 Å². The zero-order valence-corrected chi connectivity index (χ0v) is 31.1. The highest BCUT2D eigenvalue weighted by molar-refractivity contribution is 6.06. The fourth-order valence-corrected chi connectivity index (χ4v) is 11.9. The molecule has 8 aliphatic carbocycles. The van der Waals surface area contributed by atoms with Gasteiger partial charge in [-0.2, -0.15) is 0 Å². The molecule has 0 bridgehead atoms. The van der Waals surface area contributed by atoms with Gasteiger partial charge in [0, 0.05) is 52.3 Å². The predicted molar refractivity (Wildman–Crippen MR) is 219 cm³/mol. The van der Waals surface area contributed by atoms with Crippen LogP contribution in [0, 0.1) is 53.3 Å². The number of hydrogen-bond donors (Lipinski definition) is 0. The highest BCUT2D eigenvalue weighted by atomic mass is 16.5. The molecule has 0 N–H and O–H groups in total. The molecule has 10 atom stereocenters. The van der Waals surface area contributed by atoms with E-state index in [-0.39, 0.29) is 6.10 Å². The molecule has 2 heterocycles. The lowest BCUT2D eigenvalue weighted by atomic mass is 9.61. The van der Waals surface area contributed by atoms with Gasteiger partial charge in [-0.15, -0.1) is 5.92 Å². The Kier molecular flexibility index (Phi) is 7.25. The zero-order chi connectivity index (χ0) is 35.3. The Morgan fingerprint density at radius 3 is 2.65 bits per heavy atom. The summed E-state index contributed by atoms with van der Waals surface area (Å²) < 4.78 is 13.3. The van der Waals surface area contributed by atoms with Crippen LogP contribution in [0.2, 0.25) is 0 Å². The molecule has 0 saturated carbocycles. The average Bonchev–Trinajstić information content (AvgIpc) is 3.78. The number of rotatable bonds is 3. The van der Waals surface area contributed by atoms with Crippen LogP contribution in [-0.4, -0.2) is 6.10 Å². The van der Waals surface area contributed by atoms with Crippen LogP contribution in [0.1, 0.15) is 87.2 Å². The second kappa shape index (κ2) is 12.4. The fraction of sp³-hybridized carbons (Fsp3) is 0.385. The van der Waals surface area contributed by atoms with E-state index in [1.807, 2.05) is 0 Å². The highest BCUT2D eigenvalue weighted by Gasteiger charge is 2.41. The molecule has 0 saturated heterocycles. The molecule has 0 amide bonds. The molecule has 54 heavy (non-hydrogen) atoms. The van der Waals surface area contributed by atoms with E-state index in [1.54, 1.807) is 5.57 Å². The molecule has 2 heteroatoms. The maximum atomic E-state index is 6.68. The summed E-state index contributed by atoms with van der Waals surface area (Å²) in [6, 6.07) is 11.5. The number of furan rings is 1. The van der Waals surface area contributed by atoms with Crippen LogP contribution < -0.4 is 4.74 Å². The number of fused-ring (bicyclic) bond motifs is 11. The maximum Gasteiger partial charge on any atom is 0.135 e. The van der Waals surface area contributed by atoms with Crippen molar-refractivity contribution in [1.82, 2.24) is 0 Å². The van der Waals surface area contributed by atoms with Gasteiger partial charge in [-0.1, -0.05) is 84.9 Å². The first-order valence-corrected chi connectivity index (χ1v) is 21.1. The molecule has 0 radical (unpaired) electrons. The first-order valence-electron chi connectivity index (χ1n) is 21.1. The molecule has 268 valence electrons. The highest BCUT2D eigenvalue weighted by Crippen LogP contribution is 2.52. The normalized spacial score (nSPS) is 35.4. The molecule has 12 rings (SSSR count). The first-order chi connectivity index (χ1) is 26.7. The van der Waals surface area contributed by atoms with Gasteiger partial charge in [0.15, 0.2) is 0 Å². The van der Waals surface area contributed by atoms with Crippen molar-refractivity contribution in [2.24, 2.45) is 41.4 Å². The topological polar surface area (TPSA) is 22.4 Å². The van der Waals surface area contributed by atoms with Gasteiger partial charge < -0.3 is 9.15 Å². The number of ether oxygens (including phenoxy) is 1. The van der Waals surface area contributed by atoms with Crippen molar-refractivity contribution >= 4 is 21.9 Å². The molecule has 1 aliphatic heterocycles. The SMILES string of the molecule is C1#CC2C(C=C(C3=CC4=CC(c5ccc6oc7cc8c(cc7c6c5)OC5C=CC(C6=CC[C@@H]7CCC=CC7=C6)CC85)CCC4C=C3)[C@H]3CCC=CC23)CC1. The van der Waals surface area contributed by atoms with Crippen molar-refractivity contribution < 1.29 is 9.15 Å². The molecular weight excluding hydrogens is 657 g/mol.